The Kier molecular flexibility index (Phi) is 3.72. The monoisotopic (exact) mass is 280 g/mol. The summed E-state index contributed by atoms with van der Waals surface area (Å²) in [5.74, 6) is 1.46. The zero-order valence-electron chi connectivity index (χ0n) is 11.6. The van der Waals surface area contributed by atoms with Gasteiger partial charge in [0.25, 0.3) is 0 Å². The smallest absolute Gasteiger partial charge is 0.123 e. The molecular weight excluding hydrogens is 260 g/mol. The van der Waals surface area contributed by atoms with E-state index in [2.05, 4.69) is 32.0 Å². The molecule has 104 valence electrons. The van der Waals surface area contributed by atoms with Gasteiger partial charge in [0.2, 0.25) is 0 Å². The van der Waals surface area contributed by atoms with E-state index in [1.54, 1.807) is 0 Å². The first kappa shape index (κ1) is 13.3. The van der Waals surface area contributed by atoms with Crippen molar-refractivity contribution in [3.8, 4) is 5.75 Å². The molecule has 2 aliphatic rings. The Labute approximate surface area is 120 Å². The van der Waals surface area contributed by atoms with Crippen molar-refractivity contribution in [1.82, 2.24) is 0 Å². The summed E-state index contributed by atoms with van der Waals surface area (Å²) in [6.45, 7) is 5.12. The summed E-state index contributed by atoms with van der Waals surface area (Å²) in [7, 11) is 0. The fourth-order valence-corrected chi connectivity index (χ4v) is 3.71. The highest BCUT2D eigenvalue weighted by Crippen LogP contribution is 2.41. The molecule has 0 bridgehead atoms. The molecule has 0 amide bonds. The van der Waals surface area contributed by atoms with Crippen LogP contribution in [0.3, 0.4) is 0 Å². The van der Waals surface area contributed by atoms with Gasteiger partial charge >= 0.3 is 0 Å². The fourth-order valence-electron chi connectivity index (χ4n) is 3.28. The molecule has 1 aromatic carbocycles. The van der Waals surface area contributed by atoms with Crippen LogP contribution in [0.5, 0.6) is 5.75 Å². The van der Waals surface area contributed by atoms with Gasteiger partial charge in [-0.15, -0.1) is 11.6 Å². The molecule has 1 aromatic rings. The van der Waals surface area contributed by atoms with Gasteiger partial charge in [0.05, 0.1) is 11.5 Å². The summed E-state index contributed by atoms with van der Waals surface area (Å²) in [4.78, 5) is 0. The van der Waals surface area contributed by atoms with Crippen LogP contribution in [0, 0.1) is 5.92 Å². The van der Waals surface area contributed by atoms with E-state index >= 15 is 0 Å². The number of rotatable bonds is 3. The summed E-state index contributed by atoms with van der Waals surface area (Å²) in [5.41, 5.74) is 2.51. The average molecular weight is 281 g/mol. The predicted molar refractivity (Wildman–Crippen MR) is 77.0 cm³/mol. The second-order valence-corrected chi connectivity index (χ2v) is 6.14. The molecule has 4 atom stereocenters. The second-order valence-electron chi connectivity index (χ2n) is 5.67. The van der Waals surface area contributed by atoms with E-state index in [1.807, 2.05) is 0 Å². The molecule has 2 nitrogen and oxygen atoms in total. The highest BCUT2D eigenvalue weighted by atomic mass is 35.5. The van der Waals surface area contributed by atoms with Crippen molar-refractivity contribution in [2.45, 2.75) is 50.7 Å². The third-order valence-corrected chi connectivity index (χ3v) is 4.85. The van der Waals surface area contributed by atoms with Gasteiger partial charge in [-0.1, -0.05) is 19.1 Å². The number of ether oxygens (including phenoxy) is 2. The molecule has 1 saturated heterocycles. The molecule has 0 saturated carbocycles. The van der Waals surface area contributed by atoms with Gasteiger partial charge < -0.3 is 9.47 Å². The van der Waals surface area contributed by atoms with Crippen LogP contribution in [-0.4, -0.2) is 18.8 Å². The van der Waals surface area contributed by atoms with E-state index < -0.39 is 0 Å². The maximum absolute atomic E-state index is 6.70. The van der Waals surface area contributed by atoms with Gasteiger partial charge in [-0.2, -0.15) is 0 Å². The Morgan fingerprint density at radius 1 is 1.42 bits per heavy atom. The first-order chi connectivity index (χ1) is 9.19. The van der Waals surface area contributed by atoms with E-state index in [1.165, 1.54) is 11.1 Å². The molecule has 1 fully saturated rings. The van der Waals surface area contributed by atoms with Crippen LogP contribution in [0.2, 0.25) is 0 Å². The molecule has 2 heterocycles. The quantitative estimate of drug-likeness (QED) is 0.776. The predicted octanol–water partition coefficient (Wildman–Crippen LogP) is 4.11. The van der Waals surface area contributed by atoms with E-state index in [4.69, 9.17) is 21.1 Å². The SMILES string of the molecule is CCC1OCCC1C(Cl)c1ccc2c(c1)CC(C)O2. The molecule has 0 N–H and O–H groups in total. The summed E-state index contributed by atoms with van der Waals surface area (Å²) in [6.07, 6.45) is 3.70. The number of fused-ring (bicyclic) bond motifs is 1. The minimum atomic E-state index is 0.0497. The highest BCUT2D eigenvalue weighted by molar-refractivity contribution is 6.21. The molecule has 0 radical (unpaired) electrons. The van der Waals surface area contributed by atoms with Gasteiger partial charge in [-0.05, 0) is 37.0 Å². The van der Waals surface area contributed by atoms with Gasteiger partial charge in [0, 0.05) is 18.9 Å². The number of alkyl halides is 1. The number of halogens is 1. The maximum Gasteiger partial charge on any atom is 0.123 e. The topological polar surface area (TPSA) is 18.5 Å². The standard InChI is InChI=1S/C16H21ClO2/c1-3-14-13(6-7-18-14)16(17)11-4-5-15-12(9-11)8-10(2)19-15/h4-5,9-10,13-14,16H,3,6-8H2,1-2H3. The van der Waals surface area contributed by atoms with Crippen LogP contribution in [-0.2, 0) is 11.2 Å². The number of benzene rings is 1. The van der Waals surface area contributed by atoms with Gasteiger partial charge in [-0.25, -0.2) is 0 Å². The molecule has 2 aliphatic heterocycles. The summed E-state index contributed by atoms with van der Waals surface area (Å²) in [5, 5.41) is 0.0497. The lowest BCUT2D eigenvalue weighted by Crippen LogP contribution is -2.19. The van der Waals surface area contributed by atoms with E-state index in [9.17, 15) is 0 Å². The second kappa shape index (κ2) is 5.34. The lowest BCUT2D eigenvalue weighted by molar-refractivity contribution is 0.0864. The lowest BCUT2D eigenvalue weighted by Gasteiger charge is -2.22. The first-order valence-corrected chi connectivity index (χ1v) is 7.67. The Hall–Kier alpha value is -0.730. The lowest BCUT2D eigenvalue weighted by atomic mass is 9.90. The zero-order valence-corrected chi connectivity index (χ0v) is 12.3. The largest absolute Gasteiger partial charge is 0.490 e. The van der Waals surface area contributed by atoms with Crippen molar-refractivity contribution < 1.29 is 9.47 Å². The Morgan fingerprint density at radius 3 is 3.05 bits per heavy atom. The third kappa shape index (κ3) is 2.48. The average Bonchev–Trinajstić information content (AvgIpc) is 3.01. The normalized spacial score (nSPS) is 31.0. The Balaban J connectivity index is 1.81. The van der Waals surface area contributed by atoms with Gasteiger partial charge in [0.1, 0.15) is 11.9 Å². The third-order valence-electron chi connectivity index (χ3n) is 4.28. The highest BCUT2D eigenvalue weighted by Gasteiger charge is 2.34. The van der Waals surface area contributed by atoms with Crippen molar-refractivity contribution in [3.05, 3.63) is 29.3 Å². The first-order valence-electron chi connectivity index (χ1n) is 7.24. The minimum Gasteiger partial charge on any atom is -0.490 e. The summed E-state index contributed by atoms with van der Waals surface area (Å²) < 4.78 is 11.5. The summed E-state index contributed by atoms with van der Waals surface area (Å²) in [6, 6.07) is 6.40. The molecule has 0 spiro atoms. The number of hydrogen-bond acceptors (Lipinski definition) is 2. The Bertz CT molecular complexity index is 460. The van der Waals surface area contributed by atoms with Crippen molar-refractivity contribution in [3.63, 3.8) is 0 Å². The molecule has 3 heteroatoms. The Morgan fingerprint density at radius 2 is 2.26 bits per heavy atom. The van der Waals surface area contributed by atoms with Crippen LogP contribution in [0.15, 0.2) is 18.2 Å². The maximum atomic E-state index is 6.70. The van der Waals surface area contributed by atoms with Crippen molar-refractivity contribution in [1.29, 1.82) is 0 Å². The van der Waals surface area contributed by atoms with E-state index in [0.717, 1.165) is 31.6 Å². The molecule has 4 unspecified atom stereocenters. The molecular formula is C16H21ClO2. The zero-order chi connectivity index (χ0) is 13.4. The van der Waals surface area contributed by atoms with Gasteiger partial charge in [0.15, 0.2) is 0 Å². The minimum absolute atomic E-state index is 0.0497. The van der Waals surface area contributed by atoms with Crippen LogP contribution < -0.4 is 4.74 Å². The van der Waals surface area contributed by atoms with Crippen LogP contribution in [0.1, 0.15) is 43.2 Å². The number of hydrogen-bond donors (Lipinski definition) is 0. The van der Waals surface area contributed by atoms with E-state index in [0.29, 0.717) is 12.0 Å². The van der Waals surface area contributed by atoms with Gasteiger partial charge in [-0.3, -0.25) is 0 Å². The molecule has 3 rings (SSSR count). The molecule has 0 aromatic heterocycles. The van der Waals surface area contributed by atoms with Crippen LogP contribution in [0.4, 0.5) is 0 Å². The molecule has 19 heavy (non-hydrogen) atoms. The van der Waals surface area contributed by atoms with Crippen molar-refractivity contribution >= 4 is 11.6 Å². The van der Waals surface area contributed by atoms with Crippen LogP contribution >= 0.6 is 11.6 Å². The van der Waals surface area contributed by atoms with Crippen molar-refractivity contribution in [2.75, 3.05) is 6.61 Å². The van der Waals surface area contributed by atoms with E-state index in [-0.39, 0.29) is 11.5 Å². The molecule has 0 aliphatic carbocycles. The summed E-state index contributed by atoms with van der Waals surface area (Å²) >= 11 is 6.70. The van der Waals surface area contributed by atoms with Crippen molar-refractivity contribution in [2.24, 2.45) is 5.92 Å². The fraction of sp³-hybridized carbons (Fsp3) is 0.625. The van der Waals surface area contributed by atoms with Crippen LogP contribution in [0.25, 0.3) is 0 Å².